The van der Waals surface area contributed by atoms with Crippen molar-refractivity contribution < 1.29 is 24.1 Å². The highest BCUT2D eigenvalue weighted by Crippen LogP contribution is 2.32. The molecule has 1 N–H and O–H groups in total. The van der Waals surface area contributed by atoms with Crippen LogP contribution in [0.3, 0.4) is 0 Å². The van der Waals surface area contributed by atoms with Gasteiger partial charge in [0.1, 0.15) is 5.75 Å². The normalized spacial score (nSPS) is 15.2. The van der Waals surface area contributed by atoms with Gasteiger partial charge in [-0.2, -0.15) is 0 Å². The lowest BCUT2D eigenvalue weighted by molar-refractivity contribution is -0.140. The molecule has 0 saturated carbocycles. The molecule has 0 spiro atoms. The summed E-state index contributed by atoms with van der Waals surface area (Å²) in [4.78, 5) is 32.3. The third-order valence-electron chi connectivity index (χ3n) is 6.50. The number of ether oxygens (including phenoxy) is 3. The van der Waals surface area contributed by atoms with Crippen molar-refractivity contribution in [3.05, 3.63) is 84.5 Å². The monoisotopic (exact) mass is 564 g/mol. The third-order valence-corrected chi connectivity index (χ3v) is 7.49. The quantitative estimate of drug-likeness (QED) is 0.267. The standard InChI is InChI=1S/C31H36N2O6S/c1-6-7-8-15-38-23-12-10-22(11-13-23)28-27(30(36)39-18-19(2)3)20(4)32-31-33(28)29(35)26(40-31)17-21-9-14-24(34)25(16-21)37-5/h9-14,16-17,19,28,34H,6-8,15,18H2,1-5H3/b26-17-. The fourth-order valence-electron chi connectivity index (χ4n) is 4.44. The number of aromatic nitrogens is 1. The fraction of sp³-hybridized carbons (Fsp3) is 0.387. The van der Waals surface area contributed by atoms with Crippen molar-refractivity contribution in [2.45, 2.75) is 53.0 Å². The molecule has 0 fully saturated rings. The first-order valence-corrected chi connectivity index (χ1v) is 14.3. The van der Waals surface area contributed by atoms with E-state index in [2.05, 4.69) is 11.9 Å². The van der Waals surface area contributed by atoms with Crippen molar-refractivity contribution in [3.8, 4) is 17.2 Å². The molecule has 1 unspecified atom stereocenters. The van der Waals surface area contributed by atoms with Gasteiger partial charge in [-0.15, -0.1) is 0 Å². The molecule has 4 rings (SSSR count). The van der Waals surface area contributed by atoms with Crippen molar-refractivity contribution in [1.29, 1.82) is 0 Å². The van der Waals surface area contributed by atoms with Crippen LogP contribution in [0.1, 0.15) is 64.1 Å². The molecule has 3 aromatic rings. The van der Waals surface area contributed by atoms with Crippen LogP contribution in [-0.4, -0.2) is 36.0 Å². The Kier molecular flexibility index (Phi) is 9.47. The highest BCUT2D eigenvalue weighted by Gasteiger charge is 2.33. The third kappa shape index (κ3) is 6.47. The Balaban J connectivity index is 1.79. The van der Waals surface area contributed by atoms with Crippen LogP contribution in [0.25, 0.3) is 6.08 Å². The summed E-state index contributed by atoms with van der Waals surface area (Å²) >= 11 is 1.24. The second-order valence-corrected chi connectivity index (χ2v) is 11.1. The number of phenolic OH excluding ortho intramolecular Hbond substituents is 1. The molecule has 1 aromatic heterocycles. The minimum atomic E-state index is -0.707. The van der Waals surface area contributed by atoms with Gasteiger partial charge in [0.2, 0.25) is 0 Å². The van der Waals surface area contributed by atoms with E-state index in [1.807, 2.05) is 38.1 Å². The minimum absolute atomic E-state index is 0.0130. The Hall–Kier alpha value is -3.85. The summed E-state index contributed by atoms with van der Waals surface area (Å²) in [7, 11) is 1.47. The van der Waals surface area contributed by atoms with Crippen LogP contribution in [0.5, 0.6) is 17.2 Å². The highest BCUT2D eigenvalue weighted by molar-refractivity contribution is 7.07. The maximum Gasteiger partial charge on any atom is 0.338 e. The number of fused-ring (bicyclic) bond motifs is 1. The molecule has 0 bridgehead atoms. The molecule has 2 aromatic carbocycles. The van der Waals surface area contributed by atoms with E-state index in [1.165, 1.54) is 24.5 Å². The van der Waals surface area contributed by atoms with Crippen molar-refractivity contribution >= 4 is 23.4 Å². The maximum absolute atomic E-state index is 13.8. The zero-order valence-corrected chi connectivity index (χ0v) is 24.4. The van der Waals surface area contributed by atoms with Gasteiger partial charge < -0.3 is 19.3 Å². The SMILES string of the molecule is CCCCCOc1ccc(C2C(C(=O)OCC(C)C)=C(C)N=c3s/c(=C\c4ccc(O)c(OC)c4)c(=O)n32)cc1. The van der Waals surface area contributed by atoms with Crippen molar-refractivity contribution in [2.75, 3.05) is 20.3 Å². The molecule has 0 aliphatic carbocycles. The number of carbonyl (C=O) groups excluding carboxylic acids is 1. The van der Waals surface area contributed by atoms with Gasteiger partial charge >= 0.3 is 5.97 Å². The molecule has 212 valence electrons. The van der Waals surface area contributed by atoms with Gasteiger partial charge in [-0.05, 0) is 60.7 Å². The zero-order chi connectivity index (χ0) is 28.8. The van der Waals surface area contributed by atoms with Gasteiger partial charge in [-0.3, -0.25) is 9.36 Å². The van der Waals surface area contributed by atoms with Crippen molar-refractivity contribution in [2.24, 2.45) is 10.9 Å². The lowest BCUT2D eigenvalue weighted by atomic mass is 9.96. The van der Waals surface area contributed by atoms with Crippen molar-refractivity contribution in [3.63, 3.8) is 0 Å². The topological polar surface area (TPSA) is 99.4 Å². The molecule has 9 heteroatoms. The van der Waals surface area contributed by atoms with E-state index >= 15 is 0 Å². The van der Waals surface area contributed by atoms with Gasteiger partial charge in [-0.1, -0.05) is 63.1 Å². The molecular formula is C31H36N2O6S. The largest absolute Gasteiger partial charge is 0.504 e. The van der Waals surface area contributed by atoms with E-state index in [4.69, 9.17) is 14.2 Å². The Morgan fingerprint density at radius 2 is 1.93 bits per heavy atom. The van der Waals surface area contributed by atoms with Crippen molar-refractivity contribution in [1.82, 2.24) is 4.57 Å². The van der Waals surface area contributed by atoms with E-state index in [0.717, 1.165) is 30.6 Å². The lowest BCUT2D eigenvalue weighted by Crippen LogP contribution is -2.40. The summed E-state index contributed by atoms with van der Waals surface area (Å²) in [5.41, 5.74) is 2.02. The van der Waals surface area contributed by atoms with E-state index in [-0.39, 0.29) is 23.8 Å². The lowest BCUT2D eigenvalue weighted by Gasteiger charge is -2.25. The number of aromatic hydroxyl groups is 1. The maximum atomic E-state index is 13.8. The smallest absolute Gasteiger partial charge is 0.338 e. The number of hydrogen-bond donors (Lipinski definition) is 1. The van der Waals surface area contributed by atoms with Crippen LogP contribution in [0.15, 0.2) is 63.5 Å². The number of hydrogen-bond acceptors (Lipinski definition) is 8. The minimum Gasteiger partial charge on any atom is -0.504 e. The molecule has 1 atom stereocenters. The van der Waals surface area contributed by atoms with Crippen LogP contribution in [0, 0.1) is 5.92 Å². The molecule has 40 heavy (non-hydrogen) atoms. The first-order chi connectivity index (χ1) is 19.2. The Morgan fingerprint density at radius 1 is 1.18 bits per heavy atom. The van der Waals surface area contributed by atoms with E-state index in [1.54, 1.807) is 29.7 Å². The number of thiazole rings is 1. The number of esters is 1. The molecule has 8 nitrogen and oxygen atoms in total. The number of unbranched alkanes of at least 4 members (excludes halogenated alkanes) is 2. The number of phenols is 1. The van der Waals surface area contributed by atoms with Crippen LogP contribution in [-0.2, 0) is 9.53 Å². The van der Waals surface area contributed by atoms with Gasteiger partial charge in [-0.25, -0.2) is 9.79 Å². The Labute approximate surface area is 237 Å². The first kappa shape index (κ1) is 29.1. The van der Waals surface area contributed by atoms with Gasteiger partial charge in [0.05, 0.1) is 42.2 Å². The van der Waals surface area contributed by atoms with E-state index < -0.39 is 12.0 Å². The van der Waals surface area contributed by atoms with Gasteiger partial charge in [0.25, 0.3) is 5.56 Å². The summed E-state index contributed by atoms with van der Waals surface area (Å²) in [6.45, 7) is 8.76. The number of methoxy groups -OCH3 is 1. The number of benzene rings is 2. The van der Waals surface area contributed by atoms with Gasteiger partial charge in [0, 0.05) is 0 Å². The number of allylic oxidation sites excluding steroid dienone is 1. The predicted octanol–water partition coefficient (Wildman–Crippen LogP) is 4.72. The number of carbonyl (C=O) groups is 1. The average Bonchev–Trinajstić information content (AvgIpc) is 3.24. The summed E-state index contributed by atoms with van der Waals surface area (Å²) in [6.07, 6.45) is 4.94. The van der Waals surface area contributed by atoms with Crippen LogP contribution >= 0.6 is 11.3 Å². The average molecular weight is 565 g/mol. The molecule has 1 aliphatic heterocycles. The molecular weight excluding hydrogens is 528 g/mol. The Morgan fingerprint density at radius 3 is 2.60 bits per heavy atom. The zero-order valence-electron chi connectivity index (χ0n) is 23.6. The summed E-state index contributed by atoms with van der Waals surface area (Å²) < 4.78 is 18.7. The van der Waals surface area contributed by atoms with E-state index in [0.29, 0.717) is 38.5 Å². The van der Waals surface area contributed by atoms with Crippen LogP contribution in [0.4, 0.5) is 0 Å². The molecule has 0 radical (unpaired) electrons. The molecule has 2 heterocycles. The second kappa shape index (κ2) is 13.0. The molecule has 1 aliphatic rings. The number of rotatable bonds is 11. The van der Waals surface area contributed by atoms with Crippen LogP contribution < -0.4 is 24.4 Å². The van der Waals surface area contributed by atoms with Crippen LogP contribution in [0.2, 0.25) is 0 Å². The summed E-state index contributed by atoms with van der Waals surface area (Å²) in [6, 6.07) is 11.7. The number of nitrogens with zero attached hydrogens (tertiary/aromatic N) is 2. The highest BCUT2D eigenvalue weighted by atomic mass is 32.1. The van der Waals surface area contributed by atoms with Gasteiger partial charge in [0.15, 0.2) is 16.3 Å². The Bertz CT molecular complexity index is 1570. The van der Waals surface area contributed by atoms with E-state index in [9.17, 15) is 14.7 Å². The summed E-state index contributed by atoms with van der Waals surface area (Å²) in [5, 5.41) is 9.95. The molecule has 0 saturated heterocycles. The summed E-state index contributed by atoms with van der Waals surface area (Å²) in [5.74, 6) is 0.730. The fourth-order valence-corrected chi connectivity index (χ4v) is 5.49. The first-order valence-electron chi connectivity index (χ1n) is 13.5. The predicted molar refractivity (Wildman–Crippen MR) is 156 cm³/mol. The molecule has 0 amide bonds. The second-order valence-electron chi connectivity index (χ2n) is 10.1.